The Morgan fingerprint density at radius 3 is 2.63 bits per heavy atom. The molecule has 1 aromatic heterocycles. The predicted molar refractivity (Wildman–Crippen MR) is 75.0 cm³/mol. The van der Waals surface area contributed by atoms with Gasteiger partial charge in [0.2, 0.25) is 0 Å². The number of fused-ring (bicyclic) bond motifs is 1. The molecule has 1 aromatic carbocycles. The van der Waals surface area contributed by atoms with E-state index in [9.17, 15) is 9.90 Å². The van der Waals surface area contributed by atoms with Crippen LogP contribution < -0.4 is 0 Å². The van der Waals surface area contributed by atoms with Gasteiger partial charge in [-0.25, -0.2) is 4.79 Å². The number of aromatic nitrogens is 1. The Hall–Kier alpha value is -1.68. The number of aromatic hydroxyl groups is 1. The Balaban J connectivity index is 2.58. The van der Waals surface area contributed by atoms with E-state index in [-0.39, 0.29) is 10.8 Å². The molecule has 0 radical (unpaired) electrons. The van der Waals surface area contributed by atoms with Crippen LogP contribution >= 0.6 is 11.6 Å². The first-order valence-corrected chi connectivity index (χ1v) is 6.31. The van der Waals surface area contributed by atoms with Gasteiger partial charge in [-0.2, -0.15) is 0 Å². The number of rotatable bonds is 0. The average molecular weight is 282 g/mol. The van der Waals surface area contributed by atoms with Gasteiger partial charge in [0.15, 0.2) is 0 Å². The Morgan fingerprint density at radius 1 is 1.42 bits per heavy atom. The first kappa shape index (κ1) is 13.7. The second-order valence-electron chi connectivity index (χ2n) is 5.45. The number of ether oxygens (including phenoxy) is 1. The fourth-order valence-corrected chi connectivity index (χ4v) is 2.21. The van der Waals surface area contributed by atoms with Gasteiger partial charge in [-0.1, -0.05) is 11.6 Å². The number of carbonyl (C=O) groups excluding carboxylic acids is 1. The van der Waals surface area contributed by atoms with Crippen LogP contribution in [0.2, 0.25) is 5.02 Å². The van der Waals surface area contributed by atoms with Crippen molar-refractivity contribution in [2.75, 3.05) is 0 Å². The maximum absolute atomic E-state index is 12.1. The molecule has 1 heterocycles. The van der Waals surface area contributed by atoms with E-state index >= 15 is 0 Å². The molecule has 0 unspecified atom stereocenters. The van der Waals surface area contributed by atoms with E-state index in [2.05, 4.69) is 0 Å². The summed E-state index contributed by atoms with van der Waals surface area (Å²) in [5.41, 5.74) is 0.834. The standard InChI is InChI=1S/C14H16ClNO3/c1-8-7-10(15)12(17)9-5-6-16(11(8)9)13(18)19-14(2,3)4/h5-7,17H,1-4H3. The summed E-state index contributed by atoms with van der Waals surface area (Å²) in [5.74, 6) is -0.0235. The zero-order valence-corrected chi connectivity index (χ0v) is 12.1. The van der Waals surface area contributed by atoms with Crippen molar-refractivity contribution in [3.8, 4) is 5.75 Å². The van der Waals surface area contributed by atoms with Gasteiger partial charge in [0.25, 0.3) is 0 Å². The SMILES string of the molecule is Cc1cc(Cl)c(O)c2ccn(C(=O)OC(C)(C)C)c12. The largest absolute Gasteiger partial charge is 0.506 e. The smallest absolute Gasteiger partial charge is 0.419 e. The van der Waals surface area contributed by atoms with Crippen LogP contribution in [0.15, 0.2) is 18.3 Å². The Morgan fingerprint density at radius 2 is 2.05 bits per heavy atom. The van der Waals surface area contributed by atoms with Crippen molar-refractivity contribution in [3.63, 3.8) is 0 Å². The van der Waals surface area contributed by atoms with Crippen LogP contribution in [0.4, 0.5) is 4.79 Å². The van der Waals surface area contributed by atoms with Gasteiger partial charge in [0.05, 0.1) is 10.5 Å². The summed E-state index contributed by atoms with van der Waals surface area (Å²) in [7, 11) is 0. The minimum absolute atomic E-state index is 0.0235. The molecule has 0 saturated carbocycles. The maximum Gasteiger partial charge on any atom is 0.419 e. The zero-order chi connectivity index (χ0) is 14.4. The molecule has 0 aliphatic carbocycles. The predicted octanol–water partition coefficient (Wildman–Crippen LogP) is 4.09. The lowest BCUT2D eigenvalue weighted by atomic mass is 10.1. The van der Waals surface area contributed by atoms with Crippen molar-refractivity contribution in [2.45, 2.75) is 33.3 Å². The Bertz CT molecular complexity index is 653. The normalized spacial score (nSPS) is 11.8. The molecular formula is C14H16ClNO3. The monoisotopic (exact) mass is 281 g/mol. The van der Waals surface area contributed by atoms with Crippen molar-refractivity contribution >= 4 is 28.6 Å². The molecule has 0 aliphatic heterocycles. The molecule has 2 aromatic rings. The highest BCUT2D eigenvalue weighted by molar-refractivity contribution is 6.33. The second kappa shape index (κ2) is 4.46. The molecule has 0 bridgehead atoms. The number of nitrogens with zero attached hydrogens (tertiary/aromatic N) is 1. The molecule has 19 heavy (non-hydrogen) atoms. The van der Waals surface area contributed by atoms with Crippen molar-refractivity contribution < 1.29 is 14.6 Å². The van der Waals surface area contributed by atoms with Crippen LogP contribution in [0.3, 0.4) is 0 Å². The number of benzene rings is 1. The number of hydrogen-bond donors (Lipinski definition) is 1. The third-order valence-corrected chi connectivity index (χ3v) is 2.96. The number of carbonyl (C=O) groups is 1. The van der Waals surface area contributed by atoms with E-state index in [1.807, 2.05) is 6.92 Å². The summed E-state index contributed by atoms with van der Waals surface area (Å²) >= 11 is 5.91. The fourth-order valence-electron chi connectivity index (χ4n) is 1.94. The molecule has 0 aliphatic rings. The minimum Gasteiger partial charge on any atom is -0.506 e. The maximum atomic E-state index is 12.1. The van der Waals surface area contributed by atoms with Crippen molar-refractivity contribution in [2.24, 2.45) is 0 Å². The highest BCUT2D eigenvalue weighted by Crippen LogP contribution is 2.35. The van der Waals surface area contributed by atoms with E-state index < -0.39 is 11.7 Å². The van der Waals surface area contributed by atoms with Gasteiger partial charge in [-0.3, -0.25) is 4.57 Å². The van der Waals surface area contributed by atoms with Gasteiger partial charge >= 0.3 is 6.09 Å². The van der Waals surface area contributed by atoms with E-state index in [0.717, 1.165) is 5.56 Å². The highest BCUT2D eigenvalue weighted by Gasteiger charge is 2.21. The molecule has 0 atom stereocenters. The molecule has 0 fully saturated rings. The molecule has 4 nitrogen and oxygen atoms in total. The summed E-state index contributed by atoms with van der Waals surface area (Å²) in [6.45, 7) is 7.24. The van der Waals surface area contributed by atoms with Gasteiger partial charge in [-0.05, 0) is 45.4 Å². The lowest BCUT2D eigenvalue weighted by Crippen LogP contribution is -2.26. The van der Waals surface area contributed by atoms with Crippen molar-refractivity contribution in [3.05, 3.63) is 28.9 Å². The lowest BCUT2D eigenvalue weighted by Gasteiger charge is -2.20. The summed E-state index contributed by atoms with van der Waals surface area (Å²) in [4.78, 5) is 12.1. The lowest BCUT2D eigenvalue weighted by molar-refractivity contribution is 0.0544. The summed E-state index contributed by atoms with van der Waals surface area (Å²) < 4.78 is 6.71. The van der Waals surface area contributed by atoms with Crippen molar-refractivity contribution in [1.82, 2.24) is 4.57 Å². The second-order valence-corrected chi connectivity index (χ2v) is 5.86. The van der Waals surface area contributed by atoms with E-state index in [4.69, 9.17) is 16.3 Å². The number of aryl methyl sites for hydroxylation is 1. The molecule has 2 rings (SSSR count). The summed E-state index contributed by atoms with van der Waals surface area (Å²) in [6.07, 6.45) is 1.09. The van der Waals surface area contributed by atoms with E-state index in [0.29, 0.717) is 10.9 Å². The number of halogens is 1. The van der Waals surface area contributed by atoms with E-state index in [1.54, 1.807) is 39.1 Å². The average Bonchev–Trinajstić information content (AvgIpc) is 2.68. The summed E-state index contributed by atoms with van der Waals surface area (Å²) in [5, 5.41) is 10.7. The van der Waals surface area contributed by atoms with Gasteiger partial charge in [0, 0.05) is 11.6 Å². The first-order valence-electron chi connectivity index (χ1n) is 5.93. The third-order valence-electron chi connectivity index (χ3n) is 2.67. The van der Waals surface area contributed by atoms with Gasteiger partial charge in [-0.15, -0.1) is 0 Å². The third kappa shape index (κ3) is 2.54. The molecular weight excluding hydrogens is 266 g/mol. The van der Waals surface area contributed by atoms with Gasteiger partial charge < -0.3 is 9.84 Å². The van der Waals surface area contributed by atoms with Crippen LogP contribution in [0.5, 0.6) is 5.75 Å². The minimum atomic E-state index is -0.573. The van der Waals surface area contributed by atoms with Crippen molar-refractivity contribution in [1.29, 1.82) is 0 Å². The fraction of sp³-hybridized carbons (Fsp3) is 0.357. The molecule has 0 spiro atoms. The molecule has 0 amide bonds. The van der Waals surface area contributed by atoms with Gasteiger partial charge in [0.1, 0.15) is 11.4 Å². The Kier molecular flexibility index (Phi) is 3.22. The van der Waals surface area contributed by atoms with Crippen LogP contribution in [0.25, 0.3) is 10.9 Å². The summed E-state index contributed by atoms with van der Waals surface area (Å²) in [6, 6.07) is 3.27. The number of hydrogen-bond acceptors (Lipinski definition) is 3. The van der Waals surface area contributed by atoms with E-state index in [1.165, 1.54) is 4.57 Å². The van der Waals surface area contributed by atoms with Crippen LogP contribution in [-0.4, -0.2) is 21.4 Å². The quantitative estimate of drug-likeness (QED) is 0.791. The van der Waals surface area contributed by atoms with Crippen LogP contribution in [0, 0.1) is 6.92 Å². The molecule has 0 saturated heterocycles. The zero-order valence-electron chi connectivity index (χ0n) is 11.3. The van der Waals surface area contributed by atoms with Crippen LogP contribution in [0.1, 0.15) is 26.3 Å². The highest BCUT2D eigenvalue weighted by atomic mass is 35.5. The Labute approximate surface area is 116 Å². The molecule has 1 N–H and O–H groups in total. The van der Waals surface area contributed by atoms with Crippen LogP contribution in [-0.2, 0) is 4.74 Å². The molecule has 102 valence electrons. The number of phenols is 1. The molecule has 5 heteroatoms. The number of phenolic OH excluding ortho intramolecular Hbond substituents is 1. The topological polar surface area (TPSA) is 51.5 Å². The first-order chi connectivity index (χ1) is 8.70.